The Balaban J connectivity index is 3.55. The van der Waals surface area contributed by atoms with Crippen molar-refractivity contribution in [3.63, 3.8) is 0 Å². The third kappa shape index (κ3) is 6.68. The van der Waals surface area contributed by atoms with Crippen LogP contribution in [0.1, 0.15) is 13.3 Å². The smallest absolute Gasteiger partial charge is 0.334 e. The van der Waals surface area contributed by atoms with Crippen molar-refractivity contribution < 1.29 is 19.1 Å². The van der Waals surface area contributed by atoms with Crippen molar-refractivity contribution in [3.05, 3.63) is 12.2 Å². The van der Waals surface area contributed by atoms with Crippen molar-refractivity contribution in [3.8, 4) is 0 Å². The maximum atomic E-state index is 11.1. The van der Waals surface area contributed by atoms with E-state index in [1.54, 1.807) is 6.92 Å². The molecule has 1 N–H and O–H groups in total. The first-order valence-electron chi connectivity index (χ1n) is 4.74. The molecule has 0 aromatic heterocycles. The number of hydrogen-bond acceptors (Lipinski definition) is 5. The van der Waals surface area contributed by atoms with E-state index in [0.29, 0.717) is 25.3 Å². The van der Waals surface area contributed by atoms with Crippen molar-refractivity contribution in [2.24, 2.45) is 0 Å². The fourth-order valence-electron chi connectivity index (χ4n) is 0.837. The van der Waals surface area contributed by atoms with E-state index in [0.717, 1.165) is 0 Å². The number of carbonyl (C=O) groups is 2. The predicted molar refractivity (Wildman–Crippen MR) is 55.3 cm³/mol. The van der Waals surface area contributed by atoms with Crippen molar-refractivity contribution >= 4 is 11.9 Å². The molecule has 0 fully saturated rings. The lowest BCUT2D eigenvalue weighted by Crippen LogP contribution is -2.24. The van der Waals surface area contributed by atoms with E-state index in [1.807, 2.05) is 0 Å². The van der Waals surface area contributed by atoms with Crippen LogP contribution < -0.4 is 5.32 Å². The highest BCUT2D eigenvalue weighted by atomic mass is 16.5. The van der Waals surface area contributed by atoms with Gasteiger partial charge in [0.2, 0.25) is 0 Å². The Kier molecular flexibility index (Phi) is 7.27. The molecule has 0 rings (SSSR count). The number of nitrogens with one attached hydrogen (secondary N) is 1. The van der Waals surface area contributed by atoms with Crippen molar-refractivity contribution in [1.29, 1.82) is 0 Å². The summed E-state index contributed by atoms with van der Waals surface area (Å²) >= 11 is 0. The summed E-state index contributed by atoms with van der Waals surface area (Å²) in [5, 5.41) is 2.89. The van der Waals surface area contributed by atoms with Crippen LogP contribution in [0.2, 0.25) is 0 Å². The summed E-state index contributed by atoms with van der Waals surface area (Å²) in [6.07, 6.45) is 0.270. The predicted octanol–water partition coefficient (Wildman–Crippen LogP) is 0.258. The van der Waals surface area contributed by atoms with Gasteiger partial charge in [-0.05, 0) is 6.92 Å². The fraction of sp³-hybridized carbons (Fsp3) is 0.600. The van der Waals surface area contributed by atoms with Crippen LogP contribution in [0.15, 0.2) is 12.2 Å². The van der Waals surface area contributed by atoms with Gasteiger partial charge < -0.3 is 14.8 Å². The van der Waals surface area contributed by atoms with Gasteiger partial charge in [-0.1, -0.05) is 6.58 Å². The molecule has 5 nitrogen and oxygen atoms in total. The highest BCUT2D eigenvalue weighted by molar-refractivity contribution is 5.88. The van der Waals surface area contributed by atoms with Gasteiger partial charge in [-0.25, -0.2) is 4.79 Å². The normalized spacial score (nSPS) is 9.47. The minimum Gasteiger partial charge on any atom is -0.469 e. The molecule has 0 radical (unpaired) electrons. The lowest BCUT2D eigenvalue weighted by Gasteiger charge is -2.06. The lowest BCUT2D eigenvalue weighted by molar-refractivity contribution is -0.140. The molecule has 5 heteroatoms. The zero-order chi connectivity index (χ0) is 11.7. The Morgan fingerprint density at radius 3 is 2.60 bits per heavy atom. The summed E-state index contributed by atoms with van der Waals surface area (Å²) in [4.78, 5) is 21.8. The third-order valence-electron chi connectivity index (χ3n) is 1.64. The van der Waals surface area contributed by atoms with Gasteiger partial charge in [0.25, 0.3) is 0 Å². The second kappa shape index (κ2) is 7.99. The number of ether oxygens (including phenoxy) is 2. The molecule has 0 unspecified atom stereocenters. The summed E-state index contributed by atoms with van der Waals surface area (Å²) in [5.74, 6) is -0.702. The summed E-state index contributed by atoms with van der Waals surface area (Å²) in [6, 6.07) is 0. The Labute approximate surface area is 89.4 Å². The molecule has 0 aromatic rings. The maximum absolute atomic E-state index is 11.1. The molecule has 0 aliphatic rings. The summed E-state index contributed by atoms with van der Waals surface area (Å²) in [6.45, 7) is 6.39. The highest BCUT2D eigenvalue weighted by Crippen LogP contribution is 1.92. The van der Waals surface area contributed by atoms with Crippen LogP contribution >= 0.6 is 0 Å². The van der Waals surface area contributed by atoms with Crippen LogP contribution in [-0.4, -0.2) is 38.7 Å². The van der Waals surface area contributed by atoms with E-state index in [9.17, 15) is 9.59 Å². The molecule has 86 valence electrons. The van der Waals surface area contributed by atoms with E-state index in [-0.39, 0.29) is 12.4 Å². The summed E-state index contributed by atoms with van der Waals surface area (Å²) in [7, 11) is 1.33. The van der Waals surface area contributed by atoms with Crippen molar-refractivity contribution in [2.45, 2.75) is 13.3 Å². The van der Waals surface area contributed by atoms with Crippen molar-refractivity contribution in [1.82, 2.24) is 5.32 Å². The van der Waals surface area contributed by atoms with Gasteiger partial charge >= 0.3 is 11.9 Å². The van der Waals surface area contributed by atoms with Crippen LogP contribution in [-0.2, 0) is 19.1 Å². The van der Waals surface area contributed by atoms with Gasteiger partial charge in [-0.3, -0.25) is 4.79 Å². The molecule has 0 aliphatic heterocycles. The maximum Gasteiger partial charge on any atom is 0.334 e. The van der Waals surface area contributed by atoms with E-state index in [2.05, 4.69) is 16.6 Å². The van der Waals surface area contributed by atoms with Crippen LogP contribution in [0.4, 0.5) is 0 Å². The standard InChI is InChI=1S/C10H17NO4/c1-4-15-10(13)8(2)7-11-6-5-9(12)14-3/h11H,2,4-7H2,1,3H3. The van der Waals surface area contributed by atoms with Crippen LogP contribution in [0.3, 0.4) is 0 Å². The lowest BCUT2D eigenvalue weighted by atomic mass is 10.3. The van der Waals surface area contributed by atoms with Gasteiger partial charge in [0.1, 0.15) is 0 Å². The summed E-state index contributed by atoms with van der Waals surface area (Å²) < 4.78 is 9.18. The SMILES string of the molecule is C=C(CNCCC(=O)OC)C(=O)OCC. The van der Waals surface area contributed by atoms with E-state index < -0.39 is 5.97 Å². The molecule has 0 aromatic carbocycles. The minimum absolute atomic E-state index is 0.270. The minimum atomic E-state index is -0.414. The van der Waals surface area contributed by atoms with Gasteiger partial charge in [-0.15, -0.1) is 0 Å². The van der Waals surface area contributed by atoms with E-state index in [4.69, 9.17) is 4.74 Å². The number of rotatable bonds is 7. The molecular formula is C10H17NO4. The molecule has 15 heavy (non-hydrogen) atoms. The number of methoxy groups -OCH3 is 1. The Bertz CT molecular complexity index is 238. The molecule has 0 spiro atoms. The zero-order valence-corrected chi connectivity index (χ0v) is 9.17. The first-order valence-corrected chi connectivity index (χ1v) is 4.74. The molecule has 0 saturated carbocycles. The molecule has 0 amide bonds. The first-order chi connectivity index (χ1) is 7.11. The van der Waals surface area contributed by atoms with Crippen LogP contribution in [0.5, 0.6) is 0 Å². The Morgan fingerprint density at radius 1 is 1.40 bits per heavy atom. The van der Waals surface area contributed by atoms with Crippen molar-refractivity contribution in [2.75, 3.05) is 26.8 Å². The number of hydrogen-bond donors (Lipinski definition) is 1. The average molecular weight is 215 g/mol. The molecule has 0 saturated heterocycles. The van der Waals surface area contributed by atoms with E-state index >= 15 is 0 Å². The molecule has 0 heterocycles. The average Bonchev–Trinajstić information content (AvgIpc) is 2.23. The number of esters is 2. The molecule has 0 aliphatic carbocycles. The van der Waals surface area contributed by atoms with Gasteiger partial charge in [0, 0.05) is 18.7 Å². The largest absolute Gasteiger partial charge is 0.469 e. The van der Waals surface area contributed by atoms with E-state index in [1.165, 1.54) is 7.11 Å². The van der Waals surface area contributed by atoms with Gasteiger partial charge in [-0.2, -0.15) is 0 Å². The quantitative estimate of drug-likeness (QED) is 0.375. The second-order valence-electron chi connectivity index (χ2n) is 2.83. The monoisotopic (exact) mass is 215 g/mol. The topological polar surface area (TPSA) is 64.6 Å². The zero-order valence-electron chi connectivity index (χ0n) is 9.17. The number of carbonyl (C=O) groups excluding carboxylic acids is 2. The third-order valence-corrected chi connectivity index (χ3v) is 1.64. The van der Waals surface area contributed by atoms with Crippen LogP contribution in [0.25, 0.3) is 0 Å². The van der Waals surface area contributed by atoms with Gasteiger partial charge in [0.05, 0.1) is 20.1 Å². The van der Waals surface area contributed by atoms with Crippen LogP contribution in [0, 0.1) is 0 Å². The Hall–Kier alpha value is -1.36. The summed E-state index contributed by atoms with van der Waals surface area (Å²) in [5.41, 5.74) is 0.349. The molecule has 0 bridgehead atoms. The molecule has 0 atom stereocenters. The fourth-order valence-corrected chi connectivity index (χ4v) is 0.837. The molecular weight excluding hydrogens is 198 g/mol. The second-order valence-corrected chi connectivity index (χ2v) is 2.83. The Morgan fingerprint density at radius 2 is 2.07 bits per heavy atom. The highest BCUT2D eigenvalue weighted by Gasteiger charge is 2.07. The first kappa shape index (κ1) is 13.6. The van der Waals surface area contributed by atoms with Gasteiger partial charge in [0.15, 0.2) is 0 Å².